The summed E-state index contributed by atoms with van der Waals surface area (Å²) in [5.41, 5.74) is 8.27. The maximum absolute atomic E-state index is 12.1. The van der Waals surface area contributed by atoms with Crippen LogP contribution in [0.3, 0.4) is 0 Å². The molecule has 0 rings (SSSR count). The summed E-state index contributed by atoms with van der Waals surface area (Å²) in [6.45, 7) is 11.6. The summed E-state index contributed by atoms with van der Waals surface area (Å²) < 4.78 is 0. The minimum absolute atomic E-state index is 0.142. The van der Waals surface area contributed by atoms with E-state index in [0.29, 0.717) is 5.75 Å². The van der Waals surface area contributed by atoms with E-state index >= 15 is 0 Å². The van der Waals surface area contributed by atoms with Gasteiger partial charge in [0.05, 0.1) is 5.41 Å². The summed E-state index contributed by atoms with van der Waals surface area (Å²) in [7, 11) is 0. The lowest BCUT2D eigenvalue weighted by molar-refractivity contribution is -0.141. The quantitative estimate of drug-likeness (QED) is 0.248. The third-order valence-electron chi connectivity index (χ3n) is 4.86. The molecule has 0 heterocycles. The van der Waals surface area contributed by atoms with E-state index < -0.39 is 29.2 Å². The molecule has 0 saturated heterocycles. The van der Waals surface area contributed by atoms with Gasteiger partial charge in [0, 0.05) is 17.9 Å². The van der Waals surface area contributed by atoms with Crippen LogP contribution in [0, 0.1) is 5.41 Å². The Bertz CT molecular complexity index is 704. The van der Waals surface area contributed by atoms with Gasteiger partial charge in [-0.2, -0.15) is 11.8 Å². The SMILES string of the molecule is CC(C)=CCCC(C)=CCCC(C)=CCSC[C@H](NC(=O)CC(C)(C)C(N)=O)C(=O)O. The largest absolute Gasteiger partial charge is 0.480 e. The van der Waals surface area contributed by atoms with Crippen LogP contribution in [0.2, 0.25) is 0 Å². The molecule has 0 radical (unpaired) electrons. The van der Waals surface area contributed by atoms with Crippen LogP contribution in [0.4, 0.5) is 0 Å². The van der Waals surface area contributed by atoms with Crippen LogP contribution in [0.15, 0.2) is 34.9 Å². The smallest absolute Gasteiger partial charge is 0.327 e. The van der Waals surface area contributed by atoms with Gasteiger partial charge in [-0.25, -0.2) is 4.79 Å². The van der Waals surface area contributed by atoms with Crippen molar-refractivity contribution in [3.8, 4) is 0 Å². The summed E-state index contributed by atoms with van der Waals surface area (Å²) in [6.07, 6.45) is 10.6. The van der Waals surface area contributed by atoms with Crippen molar-refractivity contribution in [1.29, 1.82) is 0 Å². The average molecular weight is 453 g/mol. The maximum Gasteiger partial charge on any atom is 0.327 e. The number of primary amides is 1. The molecule has 0 aliphatic carbocycles. The average Bonchev–Trinajstić information content (AvgIpc) is 2.63. The zero-order valence-electron chi connectivity index (χ0n) is 19.9. The number of rotatable bonds is 15. The zero-order valence-corrected chi connectivity index (χ0v) is 20.7. The van der Waals surface area contributed by atoms with Crippen molar-refractivity contribution in [2.45, 2.75) is 79.7 Å². The van der Waals surface area contributed by atoms with Crippen molar-refractivity contribution >= 4 is 29.5 Å². The first-order valence-electron chi connectivity index (χ1n) is 10.7. The normalized spacial score (nSPS) is 13.5. The lowest BCUT2D eigenvalue weighted by atomic mass is 9.88. The number of carbonyl (C=O) groups is 3. The van der Waals surface area contributed by atoms with Crippen molar-refractivity contribution in [2.24, 2.45) is 11.1 Å². The van der Waals surface area contributed by atoms with Crippen molar-refractivity contribution in [2.75, 3.05) is 11.5 Å². The van der Waals surface area contributed by atoms with Gasteiger partial charge in [-0.15, -0.1) is 0 Å². The van der Waals surface area contributed by atoms with Gasteiger partial charge in [0.1, 0.15) is 6.04 Å². The summed E-state index contributed by atoms with van der Waals surface area (Å²) in [5, 5.41) is 11.8. The Labute approximate surface area is 191 Å². The number of thioether (sulfide) groups is 1. The lowest BCUT2D eigenvalue weighted by Crippen LogP contribution is -2.45. The minimum atomic E-state index is -1.09. The van der Waals surface area contributed by atoms with E-state index in [0.717, 1.165) is 25.7 Å². The Hall–Kier alpha value is -2.02. The molecular formula is C24H40N2O4S. The highest BCUT2D eigenvalue weighted by Crippen LogP contribution is 2.19. The second-order valence-corrected chi connectivity index (χ2v) is 9.96. The molecule has 2 amide bonds. The van der Waals surface area contributed by atoms with Crippen LogP contribution in [0.25, 0.3) is 0 Å². The van der Waals surface area contributed by atoms with Gasteiger partial charge in [-0.1, -0.05) is 48.8 Å². The van der Waals surface area contributed by atoms with Crippen LogP contribution >= 0.6 is 11.8 Å². The minimum Gasteiger partial charge on any atom is -0.480 e. The van der Waals surface area contributed by atoms with Gasteiger partial charge >= 0.3 is 5.97 Å². The van der Waals surface area contributed by atoms with Crippen LogP contribution in [0.1, 0.15) is 73.6 Å². The first-order valence-corrected chi connectivity index (χ1v) is 11.8. The van der Waals surface area contributed by atoms with E-state index in [4.69, 9.17) is 5.73 Å². The summed E-state index contributed by atoms with van der Waals surface area (Å²) in [4.78, 5) is 34.9. The molecule has 4 N–H and O–H groups in total. The topological polar surface area (TPSA) is 109 Å². The second-order valence-electron chi connectivity index (χ2n) is 8.88. The number of nitrogens with one attached hydrogen (secondary N) is 1. The fraction of sp³-hybridized carbons (Fsp3) is 0.625. The fourth-order valence-corrected chi connectivity index (χ4v) is 3.63. The van der Waals surface area contributed by atoms with Crippen molar-refractivity contribution in [1.82, 2.24) is 5.32 Å². The third-order valence-corrected chi connectivity index (χ3v) is 5.83. The van der Waals surface area contributed by atoms with E-state index in [1.165, 1.54) is 28.5 Å². The van der Waals surface area contributed by atoms with Crippen LogP contribution in [-0.4, -0.2) is 40.4 Å². The van der Waals surface area contributed by atoms with Gasteiger partial charge in [-0.05, 0) is 53.4 Å². The predicted octanol–water partition coefficient (Wildman–Crippen LogP) is 4.61. The van der Waals surface area contributed by atoms with Gasteiger partial charge in [0.25, 0.3) is 0 Å². The highest BCUT2D eigenvalue weighted by atomic mass is 32.2. The first-order chi connectivity index (χ1) is 14.3. The number of carboxylic acids is 1. The van der Waals surface area contributed by atoms with Gasteiger partial charge in [0.2, 0.25) is 11.8 Å². The Balaban J connectivity index is 4.38. The van der Waals surface area contributed by atoms with E-state index in [9.17, 15) is 19.5 Å². The number of nitrogens with two attached hydrogens (primary N) is 1. The van der Waals surface area contributed by atoms with Crippen molar-refractivity contribution < 1.29 is 19.5 Å². The molecule has 1 atom stereocenters. The number of aliphatic carboxylic acids is 1. The molecule has 176 valence electrons. The highest BCUT2D eigenvalue weighted by Gasteiger charge is 2.30. The number of allylic oxidation sites excluding steroid dienone is 5. The molecule has 0 aromatic carbocycles. The van der Waals surface area contributed by atoms with Crippen molar-refractivity contribution in [3.05, 3.63) is 34.9 Å². The number of hydrogen-bond acceptors (Lipinski definition) is 4. The third kappa shape index (κ3) is 14.6. The molecule has 0 saturated carbocycles. The standard InChI is InChI=1S/C24H40N2O4S/c1-17(2)9-7-10-18(3)11-8-12-19(4)13-14-31-16-20(22(28)29)26-21(27)15-24(5,6)23(25)30/h9,11,13,20H,7-8,10,12,14-16H2,1-6H3,(H2,25,30)(H,26,27)(H,28,29)/t20-/m0/s1. The van der Waals surface area contributed by atoms with Gasteiger partial charge in [-0.3, -0.25) is 9.59 Å². The molecule has 0 aromatic heterocycles. The molecule has 0 bridgehead atoms. The Morgan fingerprint density at radius 3 is 2.06 bits per heavy atom. The molecule has 6 nitrogen and oxygen atoms in total. The molecule has 0 aliphatic heterocycles. The van der Waals surface area contributed by atoms with Crippen LogP contribution < -0.4 is 11.1 Å². The Morgan fingerprint density at radius 1 is 1.00 bits per heavy atom. The van der Waals surface area contributed by atoms with E-state index in [1.54, 1.807) is 13.8 Å². The number of amides is 2. The predicted molar refractivity (Wildman–Crippen MR) is 130 cm³/mol. The fourth-order valence-electron chi connectivity index (χ4n) is 2.63. The van der Waals surface area contributed by atoms with Crippen LogP contribution in [0.5, 0.6) is 0 Å². The molecule has 0 aromatic rings. The number of carbonyl (C=O) groups excluding carboxylic acids is 2. The van der Waals surface area contributed by atoms with E-state index in [1.807, 2.05) is 0 Å². The maximum atomic E-state index is 12.1. The summed E-state index contributed by atoms with van der Waals surface area (Å²) >= 11 is 1.45. The highest BCUT2D eigenvalue weighted by molar-refractivity contribution is 7.99. The molecule has 7 heteroatoms. The Morgan fingerprint density at radius 2 is 1.55 bits per heavy atom. The molecule has 0 spiro atoms. The second kappa shape index (κ2) is 14.9. The molecule has 0 fully saturated rings. The summed E-state index contributed by atoms with van der Waals surface area (Å²) in [6, 6.07) is -0.999. The van der Waals surface area contributed by atoms with Gasteiger partial charge in [0.15, 0.2) is 0 Å². The monoisotopic (exact) mass is 452 g/mol. The summed E-state index contributed by atoms with van der Waals surface area (Å²) in [5.74, 6) is -1.24. The van der Waals surface area contributed by atoms with E-state index in [-0.39, 0.29) is 12.2 Å². The Kier molecular flexibility index (Phi) is 13.9. The lowest BCUT2D eigenvalue weighted by Gasteiger charge is -2.21. The van der Waals surface area contributed by atoms with E-state index in [2.05, 4.69) is 51.2 Å². The molecule has 31 heavy (non-hydrogen) atoms. The first kappa shape index (κ1) is 29.0. The molecule has 0 aliphatic rings. The number of hydrogen-bond donors (Lipinski definition) is 3. The van der Waals surface area contributed by atoms with Gasteiger partial charge < -0.3 is 16.2 Å². The van der Waals surface area contributed by atoms with Crippen molar-refractivity contribution in [3.63, 3.8) is 0 Å². The molecule has 0 unspecified atom stereocenters. The molecular weight excluding hydrogens is 412 g/mol. The zero-order chi connectivity index (χ0) is 24.0. The van der Waals surface area contributed by atoms with Crippen LogP contribution in [-0.2, 0) is 14.4 Å². The number of carboxylic acid groups (broad SMARTS) is 1.